The smallest absolute Gasteiger partial charge is 0.194 e. The van der Waals surface area contributed by atoms with Crippen molar-refractivity contribution in [3.05, 3.63) is 24.3 Å². The molecule has 2 saturated heterocycles. The molecule has 0 spiro atoms. The van der Waals surface area contributed by atoms with Crippen LogP contribution >= 0.6 is 24.0 Å². The molecule has 1 saturated carbocycles. The number of aliphatic imine (C=N–C) groups is 1. The van der Waals surface area contributed by atoms with E-state index < -0.39 is 0 Å². The highest BCUT2D eigenvalue weighted by molar-refractivity contribution is 14.0. The topological polar surface area (TPSA) is 43.3 Å². The van der Waals surface area contributed by atoms with E-state index in [1.54, 1.807) is 7.11 Å². The van der Waals surface area contributed by atoms with Gasteiger partial charge in [-0.25, -0.2) is 0 Å². The summed E-state index contributed by atoms with van der Waals surface area (Å²) in [7, 11) is 1.73. The van der Waals surface area contributed by atoms with E-state index in [9.17, 15) is 0 Å². The Morgan fingerprint density at radius 1 is 1.14 bits per heavy atom. The molecule has 1 aromatic rings. The molecule has 29 heavy (non-hydrogen) atoms. The van der Waals surface area contributed by atoms with Crippen molar-refractivity contribution in [3.63, 3.8) is 0 Å². The van der Waals surface area contributed by atoms with Gasteiger partial charge in [0, 0.05) is 63.6 Å². The number of benzene rings is 1. The van der Waals surface area contributed by atoms with Gasteiger partial charge in [0.1, 0.15) is 5.75 Å². The molecule has 0 aromatic heterocycles. The van der Waals surface area contributed by atoms with Gasteiger partial charge in [0.25, 0.3) is 0 Å². The number of likely N-dealkylation sites (tertiary alicyclic amines) is 1. The number of anilines is 1. The van der Waals surface area contributed by atoms with Crippen LogP contribution in [0.4, 0.5) is 5.69 Å². The molecule has 6 nitrogen and oxygen atoms in total. The van der Waals surface area contributed by atoms with Gasteiger partial charge in [0.2, 0.25) is 0 Å². The maximum atomic E-state index is 5.37. The monoisotopic (exact) mass is 513 g/mol. The van der Waals surface area contributed by atoms with Gasteiger partial charge in [-0.1, -0.05) is 6.07 Å². The van der Waals surface area contributed by atoms with Crippen LogP contribution < -0.4 is 15.0 Å². The van der Waals surface area contributed by atoms with Crippen LogP contribution in [0.3, 0.4) is 0 Å². The second-order valence-electron chi connectivity index (χ2n) is 8.25. The Bertz CT molecular complexity index is 673. The lowest BCUT2D eigenvalue weighted by atomic mass is 10.1. The van der Waals surface area contributed by atoms with E-state index in [0.29, 0.717) is 0 Å². The molecule has 4 rings (SSSR count). The summed E-state index contributed by atoms with van der Waals surface area (Å²) in [6.45, 7) is 10.6. The summed E-state index contributed by atoms with van der Waals surface area (Å²) in [5, 5.41) is 3.52. The number of hydrogen-bond donors (Lipinski definition) is 1. The van der Waals surface area contributed by atoms with E-state index in [1.807, 2.05) is 6.07 Å². The highest BCUT2D eigenvalue weighted by Crippen LogP contribution is 2.31. The predicted octanol–water partition coefficient (Wildman–Crippen LogP) is 2.89. The first-order chi connectivity index (χ1) is 13.8. The minimum Gasteiger partial charge on any atom is -0.497 e. The van der Waals surface area contributed by atoms with Crippen LogP contribution in [-0.2, 0) is 0 Å². The van der Waals surface area contributed by atoms with Crippen LogP contribution in [0.25, 0.3) is 0 Å². The zero-order valence-electron chi connectivity index (χ0n) is 17.8. The molecule has 0 radical (unpaired) electrons. The summed E-state index contributed by atoms with van der Waals surface area (Å²) in [6.07, 6.45) is 4.13. The number of piperazine rings is 1. The van der Waals surface area contributed by atoms with Crippen molar-refractivity contribution >= 4 is 35.6 Å². The summed E-state index contributed by atoms with van der Waals surface area (Å²) in [5.74, 6) is 2.75. The highest BCUT2D eigenvalue weighted by atomic mass is 127. The van der Waals surface area contributed by atoms with Crippen molar-refractivity contribution in [2.24, 2.45) is 10.9 Å². The number of methoxy groups -OCH3 is 1. The van der Waals surface area contributed by atoms with E-state index in [1.165, 1.54) is 38.0 Å². The third kappa shape index (κ3) is 5.90. The van der Waals surface area contributed by atoms with Crippen molar-refractivity contribution in [2.45, 2.75) is 32.2 Å². The Labute approximate surface area is 192 Å². The Kier molecular flexibility index (Phi) is 8.29. The van der Waals surface area contributed by atoms with E-state index >= 15 is 0 Å². The molecule has 0 bridgehead atoms. The maximum absolute atomic E-state index is 5.37. The normalized spacial score (nSPS) is 23.1. The average molecular weight is 513 g/mol. The number of nitrogens with zero attached hydrogens (tertiary/aromatic N) is 4. The SMILES string of the molecule is CCNC(=NCC1CCN(C2CC2)C1)N1CCN(c2cccc(OC)c2)CC1.I. The van der Waals surface area contributed by atoms with Gasteiger partial charge in [-0.15, -0.1) is 24.0 Å². The lowest BCUT2D eigenvalue weighted by molar-refractivity contribution is 0.315. The van der Waals surface area contributed by atoms with Crippen LogP contribution in [0, 0.1) is 5.92 Å². The minimum atomic E-state index is 0. The lowest BCUT2D eigenvalue weighted by Crippen LogP contribution is -2.52. The van der Waals surface area contributed by atoms with Crippen molar-refractivity contribution in [1.82, 2.24) is 15.1 Å². The molecule has 1 atom stereocenters. The van der Waals surface area contributed by atoms with Gasteiger partial charge in [-0.3, -0.25) is 4.99 Å². The van der Waals surface area contributed by atoms with Crippen LogP contribution in [-0.4, -0.2) is 81.3 Å². The Balaban J connectivity index is 0.00000240. The second-order valence-corrected chi connectivity index (χ2v) is 8.25. The first kappa shape index (κ1) is 22.5. The lowest BCUT2D eigenvalue weighted by Gasteiger charge is -2.38. The van der Waals surface area contributed by atoms with Crippen molar-refractivity contribution in [1.29, 1.82) is 0 Å². The molecule has 2 aliphatic heterocycles. The fourth-order valence-corrected chi connectivity index (χ4v) is 4.41. The third-order valence-electron chi connectivity index (χ3n) is 6.21. The Morgan fingerprint density at radius 3 is 2.62 bits per heavy atom. The second kappa shape index (κ2) is 10.7. The predicted molar refractivity (Wildman–Crippen MR) is 131 cm³/mol. The molecule has 3 fully saturated rings. The zero-order chi connectivity index (χ0) is 19.3. The number of hydrogen-bond acceptors (Lipinski definition) is 4. The standard InChI is InChI=1S/C22H35N5O.HI/c1-3-23-22(24-16-18-9-10-27(17-18)19-7-8-19)26-13-11-25(12-14-26)20-5-4-6-21(15-20)28-2;/h4-6,15,18-19H,3,7-14,16-17H2,1-2H3,(H,23,24);1H. The molecule has 1 aliphatic carbocycles. The van der Waals surface area contributed by atoms with Gasteiger partial charge in [-0.2, -0.15) is 0 Å². The van der Waals surface area contributed by atoms with E-state index in [4.69, 9.17) is 9.73 Å². The first-order valence-electron chi connectivity index (χ1n) is 10.9. The van der Waals surface area contributed by atoms with Gasteiger partial charge >= 0.3 is 0 Å². The Morgan fingerprint density at radius 2 is 1.93 bits per heavy atom. The summed E-state index contributed by atoms with van der Waals surface area (Å²) in [4.78, 5) is 12.6. The van der Waals surface area contributed by atoms with Crippen LogP contribution in [0.1, 0.15) is 26.2 Å². The van der Waals surface area contributed by atoms with E-state index in [2.05, 4.69) is 45.1 Å². The summed E-state index contributed by atoms with van der Waals surface area (Å²) < 4.78 is 5.37. The number of halogens is 1. The molecular formula is C22H36IN5O. The fraction of sp³-hybridized carbons (Fsp3) is 0.682. The first-order valence-corrected chi connectivity index (χ1v) is 10.9. The molecule has 0 amide bonds. The van der Waals surface area contributed by atoms with Crippen molar-refractivity contribution in [3.8, 4) is 5.75 Å². The summed E-state index contributed by atoms with van der Waals surface area (Å²) in [5.41, 5.74) is 1.24. The molecule has 1 aromatic carbocycles. The molecule has 3 aliphatic rings. The van der Waals surface area contributed by atoms with Gasteiger partial charge < -0.3 is 24.8 Å². The number of guanidine groups is 1. The van der Waals surface area contributed by atoms with Crippen molar-refractivity contribution in [2.75, 3.05) is 64.4 Å². The Hall–Kier alpha value is -1.22. The van der Waals surface area contributed by atoms with Crippen molar-refractivity contribution < 1.29 is 4.74 Å². The quantitative estimate of drug-likeness (QED) is 0.360. The molecule has 1 N–H and O–H groups in total. The molecule has 7 heteroatoms. The minimum absolute atomic E-state index is 0. The average Bonchev–Trinajstić information content (AvgIpc) is 3.49. The third-order valence-corrected chi connectivity index (χ3v) is 6.21. The maximum Gasteiger partial charge on any atom is 0.194 e. The van der Waals surface area contributed by atoms with E-state index in [-0.39, 0.29) is 24.0 Å². The van der Waals surface area contributed by atoms with Crippen LogP contribution in [0.5, 0.6) is 5.75 Å². The number of ether oxygens (including phenoxy) is 1. The number of nitrogens with one attached hydrogen (secondary N) is 1. The van der Waals surface area contributed by atoms with Crippen LogP contribution in [0.15, 0.2) is 29.3 Å². The summed E-state index contributed by atoms with van der Waals surface area (Å²) >= 11 is 0. The highest BCUT2D eigenvalue weighted by Gasteiger charge is 2.34. The fourth-order valence-electron chi connectivity index (χ4n) is 4.41. The number of rotatable bonds is 6. The molecular weight excluding hydrogens is 477 g/mol. The van der Waals surface area contributed by atoms with Gasteiger partial charge in [-0.05, 0) is 50.8 Å². The van der Waals surface area contributed by atoms with Gasteiger partial charge in [0.15, 0.2) is 5.96 Å². The van der Waals surface area contributed by atoms with Gasteiger partial charge in [0.05, 0.1) is 7.11 Å². The summed E-state index contributed by atoms with van der Waals surface area (Å²) in [6, 6.07) is 9.26. The largest absolute Gasteiger partial charge is 0.497 e. The zero-order valence-corrected chi connectivity index (χ0v) is 20.2. The molecule has 162 valence electrons. The molecule has 2 heterocycles. The molecule has 1 unspecified atom stereocenters. The van der Waals surface area contributed by atoms with E-state index in [0.717, 1.165) is 62.9 Å². The van der Waals surface area contributed by atoms with Crippen LogP contribution in [0.2, 0.25) is 0 Å².